The summed E-state index contributed by atoms with van der Waals surface area (Å²) >= 11 is 0. The second-order valence-electron chi connectivity index (χ2n) is 9.89. The van der Waals surface area contributed by atoms with Gasteiger partial charge < -0.3 is 43.2 Å². The number of ether oxygens (including phenoxy) is 8. The highest BCUT2D eigenvalue weighted by molar-refractivity contribution is 5.67. The Labute approximate surface area is 243 Å². The molecule has 0 heterocycles. The lowest BCUT2D eigenvalue weighted by Gasteiger charge is -2.20. The summed E-state index contributed by atoms with van der Waals surface area (Å²) in [5.41, 5.74) is 10.6. The first kappa shape index (κ1) is 36.4. The third-order valence-electron chi connectivity index (χ3n) is 5.09. The molecule has 0 atom stereocenters. The van der Waals surface area contributed by atoms with Gasteiger partial charge in [0.05, 0.1) is 79.3 Å². The Bertz CT molecular complexity index is 867. The molecule has 0 aromatic heterocycles. The molecule has 0 saturated heterocycles. The van der Waals surface area contributed by atoms with Crippen molar-refractivity contribution >= 4 is 6.09 Å². The van der Waals surface area contributed by atoms with Gasteiger partial charge in [0.25, 0.3) is 0 Å². The summed E-state index contributed by atoms with van der Waals surface area (Å²) in [5, 5.41) is 6.15. The van der Waals surface area contributed by atoms with Crippen molar-refractivity contribution in [2.24, 2.45) is 5.11 Å². The molecule has 0 spiro atoms. The number of carbonyl (C=O) groups is 1. The van der Waals surface area contributed by atoms with Gasteiger partial charge in [-0.15, -0.1) is 0 Å². The number of amides is 1. The van der Waals surface area contributed by atoms with E-state index in [0.717, 1.165) is 22.4 Å². The van der Waals surface area contributed by atoms with Crippen LogP contribution in [0.4, 0.5) is 4.79 Å². The van der Waals surface area contributed by atoms with Crippen LogP contribution in [0, 0.1) is 13.8 Å². The zero-order chi connectivity index (χ0) is 30.2. The van der Waals surface area contributed by atoms with Crippen molar-refractivity contribution in [2.75, 3.05) is 92.4 Å². The maximum atomic E-state index is 11.9. The molecule has 1 rings (SSSR count). The van der Waals surface area contributed by atoms with Crippen LogP contribution in [0.5, 0.6) is 5.75 Å². The molecule has 234 valence electrons. The highest BCUT2D eigenvalue weighted by Crippen LogP contribution is 2.25. The smallest absolute Gasteiger partial charge is 0.407 e. The number of nitrogens with zero attached hydrogens (tertiary/aromatic N) is 3. The average Bonchev–Trinajstić information content (AvgIpc) is 2.90. The van der Waals surface area contributed by atoms with Gasteiger partial charge in [-0.1, -0.05) is 17.2 Å². The molecule has 41 heavy (non-hydrogen) atoms. The Balaban J connectivity index is 1.95. The van der Waals surface area contributed by atoms with Gasteiger partial charge in [0.1, 0.15) is 18.0 Å². The predicted octanol–water partition coefficient (Wildman–Crippen LogP) is 4.12. The lowest BCUT2D eigenvalue weighted by molar-refractivity contribution is -0.0175. The maximum Gasteiger partial charge on any atom is 0.407 e. The van der Waals surface area contributed by atoms with Crippen molar-refractivity contribution in [1.82, 2.24) is 5.32 Å². The first-order chi connectivity index (χ1) is 19.7. The van der Waals surface area contributed by atoms with Gasteiger partial charge in [0.15, 0.2) is 0 Å². The van der Waals surface area contributed by atoms with Crippen LogP contribution in [0.1, 0.15) is 37.5 Å². The number of carbonyl (C=O) groups excluding carboxylic acids is 1. The highest BCUT2D eigenvalue weighted by atomic mass is 16.6. The van der Waals surface area contributed by atoms with E-state index in [1.807, 2.05) is 46.8 Å². The minimum Gasteiger partial charge on any atom is -0.491 e. The van der Waals surface area contributed by atoms with E-state index in [0.29, 0.717) is 99.0 Å². The summed E-state index contributed by atoms with van der Waals surface area (Å²) in [7, 11) is 0. The molecule has 1 amide bonds. The minimum absolute atomic E-state index is 0.325. The molecule has 0 aliphatic rings. The topological polar surface area (TPSA) is 152 Å². The standard InChI is InChI=1S/C28H48N4O9/c1-23-20-25(22-30-27(33)41-28(3,4)5)21-24(2)26(23)40-19-18-39-17-16-38-15-14-37-13-12-36-11-10-35-9-8-34-7-6-31-32-29/h20-21H,6-19,22H2,1-5H3,(H,30,33). The normalized spacial score (nSPS) is 11.2. The fourth-order valence-electron chi connectivity index (χ4n) is 3.41. The summed E-state index contributed by atoms with van der Waals surface area (Å²) in [5.74, 6) is 0.824. The summed E-state index contributed by atoms with van der Waals surface area (Å²) < 4.78 is 43.8. The Hall–Kier alpha value is -2.64. The second kappa shape index (κ2) is 23.0. The van der Waals surface area contributed by atoms with Gasteiger partial charge in [0, 0.05) is 18.0 Å². The van der Waals surface area contributed by atoms with E-state index in [9.17, 15) is 4.79 Å². The first-order valence-electron chi connectivity index (χ1n) is 13.9. The van der Waals surface area contributed by atoms with E-state index in [-0.39, 0.29) is 0 Å². The SMILES string of the molecule is Cc1cc(CNC(=O)OC(C)(C)C)cc(C)c1OCCOCCOCCOCCOCCOCCOCCN=[N+]=[N-]. The quantitative estimate of drug-likeness (QED) is 0.0819. The van der Waals surface area contributed by atoms with Crippen LogP contribution in [0.25, 0.3) is 10.4 Å². The van der Waals surface area contributed by atoms with Gasteiger partial charge >= 0.3 is 6.09 Å². The van der Waals surface area contributed by atoms with Gasteiger partial charge in [-0.2, -0.15) is 0 Å². The van der Waals surface area contributed by atoms with E-state index in [1.165, 1.54) is 0 Å². The predicted molar refractivity (Wildman–Crippen MR) is 153 cm³/mol. The number of rotatable bonds is 24. The molecule has 1 aromatic rings. The van der Waals surface area contributed by atoms with Gasteiger partial charge in [-0.25, -0.2) is 4.79 Å². The molecular weight excluding hydrogens is 536 g/mol. The van der Waals surface area contributed by atoms with Crippen LogP contribution in [-0.4, -0.2) is 104 Å². The largest absolute Gasteiger partial charge is 0.491 e. The fraction of sp³-hybridized carbons (Fsp3) is 0.750. The van der Waals surface area contributed by atoms with Crippen molar-refractivity contribution in [3.05, 3.63) is 39.3 Å². The number of hydrogen-bond donors (Lipinski definition) is 1. The molecule has 0 saturated carbocycles. The third-order valence-corrected chi connectivity index (χ3v) is 5.09. The van der Waals surface area contributed by atoms with E-state index < -0.39 is 11.7 Å². The zero-order valence-electron chi connectivity index (χ0n) is 25.3. The van der Waals surface area contributed by atoms with Crippen LogP contribution >= 0.6 is 0 Å². The van der Waals surface area contributed by atoms with Gasteiger partial charge in [-0.3, -0.25) is 0 Å². The van der Waals surface area contributed by atoms with Gasteiger partial charge in [0.2, 0.25) is 0 Å². The van der Waals surface area contributed by atoms with Crippen LogP contribution in [0.2, 0.25) is 0 Å². The number of benzene rings is 1. The van der Waals surface area contributed by atoms with Crippen molar-refractivity contribution in [3.63, 3.8) is 0 Å². The van der Waals surface area contributed by atoms with E-state index in [4.69, 9.17) is 43.4 Å². The Morgan fingerprint density at radius 1 is 0.756 bits per heavy atom. The Morgan fingerprint density at radius 3 is 1.59 bits per heavy atom. The van der Waals surface area contributed by atoms with Crippen LogP contribution in [0.15, 0.2) is 17.2 Å². The first-order valence-corrected chi connectivity index (χ1v) is 13.9. The number of aryl methyl sites for hydroxylation is 2. The van der Waals surface area contributed by atoms with E-state index >= 15 is 0 Å². The third kappa shape index (κ3) is 20.8. The summed E-state index contributed by atoms with van der Waals surface area (Å²) in [6.45, 7) is 16.2. The van der Waals surface area contributed by atoms with E-state index in [1.54, 1.807) is 0 Å². The molecule has 0 radical (unpaired) electrons. The maximum absolute atomic E-state index is 11.9. The monoisotopic (exact) mass is 584 g/mol. The van der Waals surface area contributed by atoms with Crippen molar-refractivity contribution < 1.29 is 42.7 Å². The minimum atomic E-state index is -0.529. The molecule has 1 N–H and O–H groups in total. The van der Waals surface area contributed by atoms with E-state index in [2.05, 4.69) is 15.3 Å². The van der Waals surface area contributed by atoms with Crippen molar-refractivity contribution in [1.29, 1.82) is 0 Å². The number of hydrogen-bond acceptors (Lipinski definition) is 10. The molecule has 13 heteroatoms. The van der Waals surface area contributed by atoms with Crippen LogP contribution in [0.3, 0.4) is 0 Å². The van der Waals surface area contributed by atoms with Gasteiger partial charge in [-0.05, 0) is 56.8 Å². The van der Waals surface area contributed by atoms with Crippen molar-refractivity contribution in [3.8, 4) is 5.75 Å². The molecular formula is C28H48N4O9. The molecule has 13 nitrogen and oxygen atoms in total. The zero-order valence-corrected chi connectivity index (χ0v) is 25.3. The van der Waals surface area contributed by atoms with Crippen LogP contribution < -0.4 is 10.1 Å². The lowest BCUT2D eigenvalue weighted by Crippen LogP contribution is -2.32. The average molecular weight is 585 g/mol. The number of nitrogens with one attached hydrogen (secondary N) is 1. The summed E-state index contributed by atoms with van der Waals surface area (Å²) in [4.78, 5) is 14.5. The molecule has 0 fully saturated rings. The Kier molecular flexibility index (Phi) is 20.4. The van der Waals surface area contributed by atoms with Crippen molar-refractivity contribution in [2.45, 2.75) is 46.8 Å². The molecule has 1 aromatic carbocycles. The summed E-state index contributed by atoms with van der Waals surface area (Å²) in [6.07, 6.45) is -0.439. The molecule has 0 unspecified atom stereocenters. The molecule has 0 aliphatic heterocycles. The number of alkyl carbamates (subject to hydrolysis) is 1. The molecule has 0 aliphatic carbocycles. The lowest BCUT2D eigenvalue weighted by atomic mass is 10.1. The highest BCUT2D eigenvalue weighted by Gasteiger charge is 2.16. The fourth-order valence-corrected chi connectivity index (χ4v) is 3.41. The number of azide groups is 1. The summed E-state index contributed by atoms with van der Waals surface area (Å²) in [6, 6.07) is 3.99. The Morgan fingerprint density at radius 2 is 1.17 bits per heavy atom. The molecule has 0 bridgehead atoms. The van der Waals surface area contributed by atoms with Crippen LogP contribution in [-0.2, 0) is 39.7 Å². The second-order valence-corrected chi connectivity index (χ2v) is 9.89.